The van der Waals surface area contributed by atoms with Gasteiger partial charge in [-0.3, -0.25) is 9.59 Å². The molecule has 1 aliphatic heterocycles. The number of carbonyl (C=O) groups excluding carboxylic acids is 2. The van der Waals surface area contributed by atoms with E-state index in [1.807, 2.05) is 36.9 Å². The molecule has 0 atom stereocenters. The van der Waals surface area contributed by atoms with E-state index in [9.17, 15) is 9.59 Å². The number of benzene rings is 1. The van der Waals surface area contributed by atoms with Crippen LogP contribution in [0.1, 0.15) is 32.3 Å². The van der Waals surface area contributed by atoms with Crippen LogP contribution in [-0.4, -0.2) is 31.6 Å². The summed E-state index contributed by atoms with van der Waals surface area (Å²) in [7, 11) is 0. The Bertz CT molecular complexity index is 528. The Morgan fingerprint density at radius 2 is 2.14 bits per heavy atom. The van der Waals surface area contributed by atoms with Crippen LogP contribution in [0.4, 0.5) is 11.4 Å². The zero-order valence-electron chi connectivity index (χ0n) is 12.6. The van der Waals surface area contributed by atoms with Gasteiger partial charge in [-0.25, -0.2) is 0 Å². The van der Waals surface area contributed by atoms with Gasteiger partial charge in [-0.15, -0.1) is 0 Å². The number of anilines is 2. The van der Waals surface area contributed by atoms with Crippen LogP contribution >= 0.6 is 0 Å². The average molecular weight is 290 g/mol. The molecule has 1 aromatic rings. The van der Waals surface area contributed by atoms with Crippen LogP contribution in [0.2, 0.25) is 0 Å². The highest BCUT2D eigenvalue weighted by molar-refractivity contribution is 5.96. The number of rotatable bonds is 5. The van der Waals surface area contributed by atoms with Gasteiger partial charge in [0.15, 0.2) is 0 Å². The normalized spacial score (nSPS) is 13.7. The summed E-state index contributed by atoms with van der Waals surface area (Å²) in [6, 6.07) is 5.70. The Kier molecular flexibility index (Phi) is 5.33. The quantitative estimate of drug-likeness (QED) is 0.905. The van der Waals surface area contributed by atoms with Crippen molar-refractivity contribution in [1.29, 1.82) is 0 Å². The van der Waals surface area contributed by atoms with Crippen LogP contribution in [0, 0.1) is 0 Å². The summed E-state index contributed by atoms with van der Waals surface area (Å²) in [5.41, 5.74) is 2.83. The van der Waals surface area contributed by atoms with Crippen molar-refractivity contribution in [3.8, 4) is 0 Å². The lowest BCUT2D eigenvalue weighted by Crippen LogP contribution is -2.34. The summed E-state index contributed by atoms with van der Waals surface area (Å²) in [5, 5.41) is 2.82. The number of amides is 2. The predicted molar refractivity (Wildman–Crippen MR) is 82.5 cm³/mol. The van der Waals surface area contributed by atoms with Gasteiger partial charge in [0.1, 0.15) is 6.61 Å². The number of nitrogens with zero attached hydrogens (tertiary/aromatic N) is 1. The molecule has 0 unspecified atom stereocenters. The standard InChI is InChI=1S/C16H22N2O3/c1-3-16(20)18-9-5-6-12-10-13(7-8-14(12)18)17-15(19)11-21-4-2/h7-8,10H,3-6,9,11H2,1-2H3,(H,17,19). The highest BCUT2D eigenvalue weighted by Gasteiger charge is 2.21. The van der Waals surface area contributed by atoms with Crippen LogP contribution in [0.5, 0.6) is 0 Å². The molecule has 0 bridgehead atoms. The Labute approximate surface area is 125 Å². The molecule has 0 radical (unpaired) electrons. The third-order valence-corrected chi connectivity index (χ3v) is 3.52. The van der Waals surface area contributed by atoms with Crippen molar-refractivity contribution in [2.75, 3.05) is 30.0 Å². The molecule has 0 aliphatic carbocycles. The molecule has 0 saturated heterocycles. The van der Waals surface area contributed by atoms with Crippen LogP contribution in [0.25, 0.3) is 0 Å². The summed E-state index contributed by atoms with van der Waals surface area (Å²) < 4.78 is 5.08. The Hall–Kier alpha value is -1.88. The lowest BCUT2D eigenvalue weighted by Gasteiger charge is -2.29. The molecule has 1 aromatic carbocycles. The number of hydrogen-bond donors (Lipinski definition) is 1. The molecule has 1 N–H and O–H groups in total. The number of carbonyl (C=O) groups is 2. The molecular formula is C16H22N2O3. The lowest BCUT2D eigenvalue weighted by molar-refractivity contribution is -0.120. The monoisotopic (exact) mass is 290 g/mol. The maximum absolute atomic E-state index is 12.0. The highest BCUT2D eigenvalue weighted by Crippen LogP contribution is 2.30. The van der Waals surface area contributed by atoms with Crippen molar-refractivity contribution in [2.45, 2.75) is 33.1 Å². The summed E-state index contributed by atoms with van der Waals surface area (Å²) >= 11 is 0. The third kappa shape index (κ3) is 3.82. The molecule has 0 aromatic heterocycles. The zero-order chi connectivity index (χ0) is 15.2. The van der Waals surface area contributed by atoms with Crippen LogP contribution in [0.3, 0.4) is 0 Å². The Balaban J connectivity index is 2.12. The first-order valence-electron chi connectivity index (χ1n) is 7.46. The van der Waals surface area contributed by atoms with Gasteiger partial charge in [-0.05, 0) is 43.5 Å². The lowest BCUT2D eigenvalue weighted by atomic mass is 10.0. The minimum Gasteiger partial charge on any atom is -0.372 e. The maximum Gasteiger partial charge on any atom is 0.250 e. The van der Waals surface area contributed by atoms with Crippen molar-refractivity contribution >= 4 is 23.2 Å². The fraction of sp³-hybridized carbons (Fsp3) is 0.500. The second-order valence-corrected chi connectivity index (χ2v) is 5.03. The van der Waals surface area contributed by atoms with Crippen LogP contribution < -0.4 is 10.2 Å². The van der Waals surface area contributed by atoms with E-state index in [4.69, 9.17) is 4.74 Å². The van der Waals surface area contributed by atoms with E-state index in [1.54, 1.807) is 0 Å². The first-order chi connectivity index (χ1) is 10.2. The van der Waals surface area contributed by atoms with Gasteiger partial charge in [-0.1, -0.05) is 6.92 Å². The second kappa shape index (κ2) is 7.22. The van der Waals surface area contributed by atoms with E-state index in [0.29, 0.717) is 13.0 Å². The van der Waals surface area contributed by atoms with Crippen molar-refractivity contribution in [3.05, 3.63) is 23.8 Å². The fourth-order valence-corrected chi connectivity index (χ4v) is 2.52. The molecule has 5 heteroatoms. The topological polar surface area (TPSA) is 58.6 Å². The molecule has 1 heterocycles. The number of nitrogens with one attached hydrogen (secondary N) is 1. The van der Waals surface area contributed by atoms with E-state index < -0.39 is 0 Å². The zero-order valence-corrected chi connectivity index (χ0v) is 12.6. The summed E-state index contributed by atoms with van der Waals surface area (Å²) in [5.74, 6) is -0.0156. The molecule has 0 saturated carbocycles. The van der Waals surface area contributed by atoms with Crippen molar-refractivity contribution in [1.82, 2.24) is 0 Å². The highest BCUT2D eigenvalue weighted by atomic mass is 16.5. The van der Waals surface area contributed by atoms with Crippen LogP contribution in [-0.2, 0) is 20.7 Å². The second-order valence-electron chi connectivity index (χ2n) is 5.03. The fourth-order valence-electron chi connectivity index (χ4n) is 2.52. The molecule has 21 heavy (non-hydrogen) atoms. The molecular weight excluding hydrogens is 268 g/mol. The molecule has 2 amide bonds. The van der Waals surface area contributed by atoms with Gasteiger partial charge in [0.05, 0.1) is 0 Å². The smallest absolute Gasteiger partial charge is 0.250 e. The minimum atomic E-state index is -0.158. The van der Waals surface area contributed by atoms with E-state index >= 15 is 0 Å². The SMILES string of the molecule is CCOCC(=O)Nc1ccc2c(c1)CCCN2C(=O)CC. The maximum atomic E-state index is 12.0. The number of aryl methyl sites for hydroxylation is 1. The summed E-state index contributed by atoms with van der Waals surface area (Å²) in [6.07, 6.45) is 2.39. The van der Waals surface area contributed by atoms with E-state index in [-0.39, 0.29) is 18.4 Å². The predicted octanol–water partition coefficient (Wildman–Crippen LogP) is 2.35. The third-order valence-electron chi connectivity index (χ3n) is 3.52. The first kappa shape index (κ1) is 15.5. The van der Waals surface area contributed by atoms with Gasteiger partial charge < -0.3 is 15.0 Å². The molecule has 1 aliphatic rings. The van der Waals surface area contributed by atoms with Gasteiger partial charge in [-0.2, -0.15) is 0 Å². The molecule has 0 spiro atoms. The van der Waals surface area contributed by atoms with Gasteiger partial charge in [0.2, 0.25) is 11.8 Å². The summed E-state index contributed by atoms with van der Waals surface area (Å²) in [4.78, 5) is 25.4. The minimum absolute atomic E-state index is 0.0635. The van der Waals surface area contributed by atoms with E-state index in [0.717, 1.165) is 36.3 Å². The van der Waals surface area contributed by atoms with Gasteiger partial charge in [0.25, 0.3) is 0 Å². The average Bonchev–Trinajstić information content (AvgIpc) is 2.51. The Morgan fingerprint density at radius 3 is 2.86 bits per heavy atom. The number of fused-ring (bicyclic) bond motifs is 1. The number of ether oxygens (including phenoxy) is 1. The Morgan fingerprint density at radius 1 is 1.33 bits per heavy atom. The van der Waals surface area contributed by atoms with E-state index in [1.165, 1.54) is 0 Å². The van der Waals surface area contributed by atoms with Crippen molar-refractivity contribution in [3.63, 3.8) is 0 Å². The molecule has 5 nitrogen and oxygen atoms in total. The molecule has 114 valence electrons. The molecule has 0 fully saturated rings. The first-order valence-corrected chi connectivity index (χ1v) is 7.46. The van der Waals surface area contributed by atoms with Crippen LogP contribution in [0.15, 0.2) is 18.2 Å². The number of hydrogen-bond acceptors (Lipinski definition) is 3. The van der Waals surface area contributed by atoms with E-state index in [2.05, 4.69) is 5.32 Å². The summed E-state index contributed by atoms with van der Waals surface area (Å²) in [6.45, 7) is 5.08. The largest absolute Gasteiger partial charge is 0.372 e. The van der Waals surface area contributed by atoms with Crippen molar-refractivity contribution in [2.24, 2.45) is 0 Å². The van der Waals surface area contributed by atoms with Gasteiger partial charge in [0, 0.05) is 30.9 Å². The molecule has 2 rings (SSSR count). The van der Waals surface area contributed by atoms with Gasteiger partial charge >= 0.3 is 0 Å². The van der Waals surface area contributed by atoms with Crippen molar-refractivity contribution < 1.29 is 14.3 Å².